The van der Waals surface area contributed by atoms with E-state index in [2.05, 4.69) is 28.7 Å². The van der Waals surface area contributed by atoms with E-state index in [1.807, 2.05) is 49.4 Å². The Morgan fingerprint density at radius 1 is 1.12 bits per heavy atom. The Morgan fingerprint density at radius 2 is 1.82 bits per heavy atom. The van der Waals surface area contributed by atoms with Crippen LogP contribution in [0.25, 0.3) is 0 Å². The van der Waals surface area contributed by atoms with Gasteiger partial charge in [0, 0.05) is 15.6 Å². The minimum absolute atomic E-state index is 0.173. The number of ketones is 1. The third-order valence-electron chi connectivity index (χ3n) is 2.61. The zero-order valence-electron chi connectivity index (χ0n) is 9.61. The van der Waals surface area contributed by atoms with Crippen molar-refractivity contribution >= 4 is 28.4 Å². The molecule has 0 bridgehead atoms. The Kier molecular flexibility index (Phi) is 3.94. The maximum Gasteiger partial charge on any atom is 0.167 e. The van der Waals surface area contributed by atoms with Gasteiger partial charge in [-0.25, -0.2) is 0 Å². The zero-order chi connectivity index (χ0) is 12.3. The molecule has 2 heteroatoms. The minimum atomic E-state index is 0.173. The van der Waals surface area contributed by atoms with Crippen LogP contribution in [0, 0.1) is 10.5 Å². The van der Waals surface area contributed by atoms with E-state index in [-0.39, 0.29) is 5.78 Å². The molecule has 1 nitrogen and oxygen atoms in total. The molecule has 0 N–H and O–H groups in total. The second-order valence-electron chi connectivity index (χ2n) is 4.10. The van der Waals surface area contributed by atoms with Crippen LogP contribution in [0.15, 0.2) is 48.5 Å². The number of Topliss-reactive ketones (excluding diaryl/α,β-unsaturated/α-hetero) is 1. The first-order chi connectivity index (χ1) is 8.15. The Labute approximate surface area is 115 Å². The van der Waals surface area contributed by atoms with Gasteiger partial charge in [0.15, 0.2) is 5.78 Å². The van der Waals surface area contributed by atoms with Gasteiger partial charge in [0.2, 0.25) is 0 Å². The summed E-state index contributed by atoms with van der Waals surface area (Å²) in [5.41, 5.74) is 3.05. The summed E-state index contributed by atoms with van der Waals surface area (Å²) in [5, 5.41) is 0. The first kappa shape index (κ1) is 12.3. The summed E-state index contributed by atoms with van der Waals surface area (Å²) in [6.45, 7) is 2.04. The number of aryl methyl sites for hydroxylation is 1. The van der Waals surface area contributed by atoms with Gasteiger partial charge in [-0.15, -0.1) is 0 Å². The van der Waals surface area contributed by atoms with E-state index in [9.17, 15) is 4.79 Å². The van der Waals surface area contributed by atoms with Crippen molar-refractivity contribution in [2.75, 3.05) is 0 Å². The van der Waals surface area contributed by atoms with Crippen LogP contribution < -0.4 is 0 Å². The Morgan fingerprint density at radius 3 is 2.47 bits per heavy atom. The number of hydrogen-bond acceptors (Lipinski definition) is 1. The van der Waals surface area contributed by atoms with E-state index >= 15 is 0 Å². The Hall–Kier alpha value is -1.16. The molecule has 2 aromatic rings. The van der Waals surface area contributed by atoms with Crippen molar-refractivity contribution < 1.29 is 4.79 Å². The normalized spacial score (nSPS) is 10.2. The minimum Gasteiger partial charge on any atom is -0.294 e. The van der Waals surface area contributed by atoms with Crippen LogP contribution in [0.3, 0.4) is 0 Å². The summed E-state index contributed by atoms with van der Waals surface area (Å²) in [6, 6.07) is 15.8. The Balaban J connectivity index is 2.14. The number of carbonyl (C=O) groups is 1. The van der Waals surface area contributed by atoms with Crippen LogP contribution in [-0.2, 0) is 6.42 Å². The zero-order valence-corrected chi connectivity index (χ0v) is 11.8. The van der Waals surface area contributed by atoms with E-state index in [0.29, 0.717) is 6.42 Å². The van der Waals surface area contributed by atoms with Crippen molar-refractivity contribution in [1.29, 1.82) is 0 Å². The van der Waals surface area contributed by atoms with Crippen LogP contribution in [-0.4, -0.2) is 5.78 Å². The number of halogens is 1. The van der Waals surface area contributed by atoms with E-state index in [0.717, 1.165) is 14.7 Å². The van der Waals surface area contributed by atoms with Gasteiger partial charge in [-0.3, -0.25) is 4.79 Å². The molecule has 0 fully saturated rings. The van der Waals surface area contributed by atoms with Gasteiger partial charge in [-0.1, -0.05) is 42.0 Å². The van der Waals surface area contributed by atoms with E-state index in [1.54, 1.807) is 0 Å². The molecular formula is C15H13IO. The Bertz CT molecular complexity index is 529. The molecule has 0 aliphatic heterocycles. The highest BCUT2D eigenvalue weighted by atomic mass is 127. The molecule has 2 aromatic carbocycles. The lowest BCUT2D eigenvalue weighted by molar-refractivity contribution is 0.0993. The van der Waals surface area contributed by atoms with Gasteiger partial charge >= 0.3 is 0 Å². The van der Waals surface area contributed by atoms with Gasteiger partial charge in [-0.05, 0) is 47.2 Å². The first-order valence-electron chi connectivity index (χ1n) is 5.49. The molecular weight excluding hydrogens is 323 g/mol. The molecule has 0 saturated heterocycles. The van der Waals surface area contributed by atoms with Gasteiger partial charge in [-0.2, -0.15) is 0 Å². The van der Waals surface area contributed by atoms with Crippen LogP contribution in [0.4, 0.5) is 0 Å². The fourth-order valence-corrected chi connectivity index (χ4v) is 2.10. The fourth-order valence-electron chi connectivity index (χ4n) is 1.75. The summed E-state index contributed by atoms with van der Waals surface area (Å²) in [6.07, 6.45) is 0.474. The molecule has 86 valence electrons. The molecule has 0 unspecified atom stereocenters. The lowest BCUT2D eigenvalue weighted by Crippen LogP contribution is -2.03. The summed E-state index contributed by atoms with van der Waals surface area (Å²) >= 11 is 2.24. The third-order valence-corrected chi connectivity index (χ3v) is 3.33. The second kappa shape index (κ2) is 5.45. The third kappa shape index (κ3) is 3.40. The van der Waals surface area contributed by atoms with Crippen molar-refractivity contribution in [3.05, 3.63) is 68.8 Å². The number of carbonyl (C=O) groups excluding carboxylic acids is 1. The molecule has 0 heterocycles. The van der Waals surface area contributed by atoms with Crippen molar-refractivity contribution in [3.63, 3.8) is 0 Å². The van der Waals surface area contributed by atoms with Crippen LogP contribution in [0.5, 0.6) is 0 Å². The van der Waals surface area contributed by atoms with Gasteiger partial charge in [0.05, 0.1) is 0 Å². The first-order valence-corrected chi connectivity index (χ1v) is 6.57. The molecule has 0 aliphatic carbocycles. The van der Waals surface area contributed by atoms with Crippen molar-refractivity contribution in [1.82, 2.24) is 0 Å². The average Bonchev–Trinajstić information content (AvgIpc) is 2.29. The quantitative estimate of drug-likeness (QED) is 0.611. The maximum atomic E-state index is 12.0. The van der Waals surface area contributed by atoms with E-state index < -0.39 is 0 Å². The molecule has 0 aliphatic rings. The maximum absolute atomic E-state index is 12.0. The van der Waals surface area contributed by atoms with Crippen molar-refractivity contribution in [2.45, 2.75) is 13.3 Å². The van der Waals surface area contributed by atoms with Crippen molar-refractivity contribution in [3.8, 4) is 0 Å². The van der Waals surface area contributed by atoms with E-state index in [1.165, 1.54) is 5.56 Å². The fraction of sp³-hybridized carbons (Fsp3) is 0.133. The summed E-state index contributed by atoms with van der Waals surface area (Å²) in [7, 11) is 0. The second-order valence-corrected chi connectivity index (χ2v) is 5.34. The average molecular weight is 336 g/mol. The van der Waals surface area contributed by atoms with Crippen molar-refractivity contribution in [2.24, 2.45) is 0 Å². The molecule has 17 heavy (non-hydrogen) atoms. The molecule has 0 spiro atoms. The lowest BCUT2D eigenvalue weighted by atomic mass is 10.0. The topological polar surface area (TPSA) is 17.1 Å². The number of rotatable bonds is 3. The molecule has 2 rings (SSSR count). The van der Waals surface area contributed by atoms with Gasteiger partial charge in [0.1, 0.15) is 0 Å². The summed E-state index contributed by atoms with van der Waals surface area (Å²) in [5.74, 6) is 0.173. The monoisotopic (exact) mass is 336 g/mol. The smallest absolute Gasteiger partial charge is 0.167 e. The standard InChI is InChI=1S/C15H13IO/c1-11-3-2-4-12(9-11)10-15(17)13-5-7-14(16)8-6-13/h2-9H,10H2,1H3. The summed E-state index contributed by atoms with van der Waals surface area (Å²) in [4.78, 5) is 12.0. The van der Waals surface area contributed by atoms with Crippen LogP contribution in [0.1, 0.15) is 21.5 Å². The highest BCUT2D eigenvalue weighted by Crippen LogP contribution is 2.11. The molecule has 0 radical (unpaired) electrons. The highest BCUT2D eigenvalue weighted by molar-refractivity contribution is 14.1. The van der Waals surface area contributed by atoms with Crippen LogP contribution in [0.2, 0.25) is 0 Å². The van der Waals surface area contributed by atoms with Gasteiger partial charge in [0.25, 0.3) is 0 Å². The largest absolute Gasteiger partial charge is 0.294 e. The number of benzene rings is 2. The number of hydrogen-bond donors (Lipinski definition) is 0. The molecule has 0 saturated carbocycles. The highest BCUT2D eigenvalue weighted by Gasteiger charge is 2.06. The lowest BCUT2D eigenvalue weighted by Gasteiger charge is -2.03. The predicted molar refractivity (Wildman–Crippen MR) is 78.4 cm³/mol. The SMILES string of the molecule is Cc1cccc(CC(=O)c2ccc(I)cc2)c1. The van der Waals surface area contributed by atoms with Crippen LogP contribution >= 0.6 is 22.6 Å². The molecule has 0 atom stereocenters. The van der Waals surface area contributed by atoms with Gasteiger partial charge < -0.3 is 0 Å². The van der Waals surface area contributed by atoms with E-state index in [4.69, 9.17) is 0 Å². The molecule has 0 amide bonds. The predicted octanol–water partition coefficient (Wildman–Crippen LogP) is 4.03. The molecule has 0 aromatic heterocycles. The summed E-state index contributed by atoms with van der Waals surface area (Å²) < 4.78 is 1.15.